The van der Waals surface area contributed by atoms with Crippen molar-refractivity contribution in [1.82, 2.24) is 19.6 Å². The summed E-state index contributed by atoms with van der Waals surface area (Å²) in [5.74, 6) is 0.00854. The summed E-state index contributed by atoms with van der Waals surface area (Å²) in [5.41, 5.74) is 1.52. The van der Waals surface area contributed by atoms with E-state index in [0.717, 1.165) is 31.4 Å². The third-order valence-corrected chi connectivity index (χ3v) is 4.97. The lowest BCUT2D eigenvalue weighted by Crippen LogP contribution is -2.55. The van der Waals surface area contributed by atoms with Gasteiger partial charge < -0.3 is 9.80 Å². The molecule has 2 heterocycles. The zero-order chi connectivity index (χ0) is 16.4. The van der Waals surface area contributed by atoms with Gasteiger partial charge in [0.25, 0.3) is 5.91 Å². The first kappa shape index (κ1) is 16.0. The highest BCUT2D eigenvalue weighted by Crippen LogP contribution is 2.25. The topological polar surface area (TPSA) is 58.4 Å². The molecule has 0 bridgehead atoms. The van der Waals surface area contributed by atoms with Crippen molar-refractivity contribution in [2.75, 3.05) is 19.6 Å². The molecule has 6 nitrogen and oxygen atoms in total. The molecule has 1 aliphatic carbocycles. The minimum Gasteiger partial charge on any atom is -0.336 e. The fraction of sp³-hybridized carbons (Fsp3) is 0.706. The normalized spacial score (nSPS) is 19.7. The first-order valence-electron chi connectivity index (χ1n) is 8.71. The van der Waals surface area contributed by atoms with E-state index >= 15 is 0 Å². The molecule has 6 heteroatoms. The summed E-state index contributed by atoms with van der Waals surface area (Å²) < 4.78 is 1.64. The van der Waals surface area contributed by atoms with Crippen molar-refractivity contribution in [2.45, 2.75) is 51.5 Å². The van der Waals surface area contributed by atoms with Gasteiger partial charge in [-0.05, 0) is 25.3 Å². The molecule has 2 aliphatic rings. The standard InChI is InChI=1S/C17H26N4O2/c1-3-6-13-11-15(19(2)18-13)17(23)20-9-10-21(16(22)12-20)14-7-4-5-8-14/h11,14H,3-10,12H2,1-2H3. The van der Waals surface area contributed by atoms with Crippen LogP contribution < -0.4 is 0 Å². The van der Waals surface area contributed by atoms with E-state index in [1.165, 1.54) is 12.8 Å². The van der Waals surface area contributed by atoms with Crippen molar-refractivity contribution in [3.63, 3.8) is 0 Å². The molecule has 1 aromatic heterocycles. The molecule has 0 atom stereocenters. The number of hydrogen-bond donors (Lipinski definition) is 0. The van der Waals surface area contributed by atoms with Crippen LogP contribution in [0.25, 0.3) is 0 Å². The molecule has 0 radical (unpaired) electrons. The highest BCUT2D eigenvalue weighted by Gasteiger charge is 2.33. The second kappa shape index (κ2) is 6.72. The number of carbonyl (C=O) groups is 2. The second-order valence-corrected chi connectivity index (χ2v) is 6.65. The predicted molar refractivity (Wildman–Crippen MR) is 87.1 cm³/mol. The van der Waals surface area contributed by atoms with E-state index in [1.54, 1.807) is 16.6 Å². The van der Waals surface area contributed by atoms with Gasteiger partial charge in [-0.2, -0.15) is 5.10 Å². The Bertz CT molecular complexity index is 589. The van der Waals surface area contributed by atoms with Gasteiger partial charge >= 0.3 is 0 Å². The Kier molecular flexibility index (Phi) is 4.68. The van der Waals surface area contributed by atoms with Crippen LogP contribution >= 0.6 is 0 Å². The van der Waals surface area contributed by atoms with Gasteiger partial charge in [-0.25, -0.2) is 0 Å². The largest absolute Gasteiger partial charge is 0.336 e. The minimum absolute atomic E-state index is 0.0817. The number of hydrogen-bond acceptors (Lipinski definition) is 3. The van der Waals surface area contributed by atoms with Crippen molar-refractivity contribution in [1.29, 1.82) is 0 Å². The first-order valence-corrected chi connectivity index (χ1v) is 8.71. The lowest BCUT2D eigenvalue weighted by molar-refractivity contribution is -0.137. The van der Waals surface area contributed by atoms with Crippen molar-refractivity contribution >= 4 is 11.8 Å². The summed E-state index contributed by atoms with van der Waals surface area (Å²) in [6.45, 7) is 3.57. The maximum atomic E-state index is 12.7. The number of rotatable bonds is 4. The molecule has 0 N–H and O–H groups in total. The predicted octanol–water partition coefficient (Wildman–Crippen LogP) is 1.60. The highest BCUT2D eigenvalue weighted by atomic mass is 16.2. The maximum Gasteiger partial charge on any atom is 0.272 e. The fourth-order valence-corrected chi connectivity index (χ4v) is 3.73. The smallest absolute Gasteiger partial charge is 0.272 e. The maximum absolute atomic E-state index is 12.7. The van der Waals surface area contributed by atoms with Gasteiger partial charge in [0, 0.05) is 26.2 Å². The van der Waals surface area contributed by atoms with Crippen molar-refractivity contribution in [2.24, 2.45) is 7.05 Å². The molecule has 23 heavy (non-hydrogen) atoms. The van der Waals surface area contributed by atoms with Gasteiger partial charge in [0.15, 0.2) is 0 Å². The van der Waals surface area contributed by atoms with Crippen LogP contribution in [0.4, 0.5) is 0 Å². The van der Waals surface area contributed by atoms with Crippen molar-refractivity contribution in [3.05, 3.63) is 17.5 Å². The van der Waals surface area contributed by atoms with Gasteiger partial charge in [0.2, 0.25) is 5.91 Å². The molecular formula is C17H26N4O2. The third-order valence-electron chi connectivity index (χ3n) is 4.97. The number of carbonyl (C=O) groups excluding carboxylic acids is 2. The van der Waals surface area contributed by atoms with Crippen LogP contribution in [0.3, 0.4) is 0 Å². The Morgan fingerprint density at radius 1 is 1.30 bits per heavy atom. The van der Waals surface area contributed by atoms with E-state index in [1.807, 2.05) is 11.0 Å². The second-order valence-electron chi connectivity index (χ2n) is 6.65. The zero-order valence-corrected chi connectivity index (χ0v) is 14.1. The summed E-state index contributed by atoms with van der Waals surface area (Å²) in [7, 11) is 1.79. The van der Waals surface area contributed by atoms with E-state index < -0.39 is 0 Å². The molecule has 1 aromatic rings. The highest BCUT2D eigenvalue weighted by molar-refractivity contribution is 5.96. The van der Waals surface area contributed by atoms with Crippen molar-refractivity contribution in [3.8, 4) is 0 Å². The van der Waals surface area contributed by atoms with Crippen LogP contribution in [-0.2, 0) is 18.3 Å². The van der Waals surface area contributed by atoms with E-state index in [0.29, 0.717) is 24.8 Å². The van der Waals surface area contributed by atoms with E-state index in [2.05, 4.69) is 12.0 Å². The number of aromatic nitrogens is 2. The minimum atomic E-state index is -0.0817. The molecule has 0 spiro atoms. The molecule has 0 aromatic carbocycles. The van der Waals surface area contributed by atoms with Crippen LogP contribution in [0.5, 0.6) is 0 Å². The molecule has 1 saturated carbocycles. The SMILES string of the molecule is CCCc1cc(C(=O)N2CCN(C3CCCC3)C(=O)C2)n(C)n1. The fourth-order valence-electron chi connectivity index (χ4n) is 3.73. The van der Waals surface area contributed by atoms with Gasteiger partial charge in [0.05, 0.1) is 5.69 Å². The average Bonchev–Trinajstić information content (AvgIpc) is 3.17. The molecule has 1 saturated heterocycles. The van der Waals surface area contributed by atoms with Crippen LogP contribution in [0.15, 0.2) is 6.07 Å². The Morgan fingerprint density at radius 2 is 2.04 bits per heavy atom. The van der Waals surface area contributed by atoms with Crippen LogP contribution in [-0.4, -0.2) is 57.1 Å². The first-order chi connectivity index (χ1) is 11.1. The quantitative estimate of drug-likeness (QED) is 0.847. The molecule has 1 aliphatic heterocycles. The number of piperazine rings is 1. The van der Waals surface area contributed by atoms with Crippen LogP contribution in [0.1, 0.15) is 55.2 Å². The Morgan fingerprint density at radius 3 is 2.70 bits per heavy atom. The summed E-state index contributed by atoms with van der Waals surface area (Å²) in [6, 6.07) is 2.26. The summed E-state index contributed by atoms with van der Waals surface area (Å²) in [6.07, 6.45) is 6.53. The third kappa shape index (κ3) is 3.26. The Hall–Kier alpha value is -1.85. The molecule has 2 amide bonds. The number of aryl methyl sites for hydroxylation is 2. The van der Waals surface area contributed by atoms with Crippen LogP contribution in [0, 0.1) is 0 Å². The summed E-state index contributed by atoms with van der Waals surface area (Å²) in [4.78, 5) is 28.8. The Labute approximate surface area is 137 Å². The lowest BCUT2D eigenvalue weighted by atomic mass is 10.1. The van der Waals surface area contributed by atoms with Gasteiger partial charge in [-0.3, -0.25) is 14.3 Å². The molecule has 3 rings (SSSR count). The summed E-state index contributed by atoms with van der Waals surface area (Å²) >= 11 is 0. The van der Waals surface area contributed by atoms with E-state index in [-0.39, 0.29) is 18.4 Å². The van der Waals surface area contributed by atoms with Gasteiger partial charge in [0.1, 0.15) is 12.2 Å². The monoisotopic (exact) mass is 318 g/mol. The zero-order valence-electron chi connectivity index (χ0n) is 14.1. The average molecular weight is 318 g/mol. The number of amides is 2. The van der Waals surface area contributed by atoms with Gasteiger partial charge in [-0.1, -0.05) is 26.2 Å². The molecular weight excluding hydrogens is 292 g/mol. The Balaban J connectivity index is 1.66. The van der Waals surface area contributed by atoms with Gasteiger partial charge in [-0.15, -0.1) is 0 Å². The molecule has 2 fully saturated rings. The van der Waals surface area contributed by atoms with E-state index in [4.69, 9.17) is 0 Å². The van der Waals surface area contributed by atoms with Crippen molar-refractivity contribution < 1.29 is 9.59 Å². The molecule has 0 unspecified atom stereocenters. The lowest BCUT2D eigenvalue weighted by Gasteiger charge is -2.37. The number of nitrogens with zero attached hydrogens (tertiary/aromatic N) is 4. The van der Waals surface area contributed by atoms with E-state index in [9.17, 15) is 9.59 Å². The molecule has 126 valence electrons. The van der Waals surface area contributed by atoms with Crippen LogP contribution in [0.2, 0.25) is 0 Å². The summed E-state index contributed by atoms with van der Waals surface area (Å²) in [5, 5.41) is 4.39.